The molecule has 0 radical (unpaired) electrons. The third kappa shape index (κ3) is 2.59. The number of oxazole rings is 1. The first kappa shape index (κ1) is 13.2. The second kappa shape index (κ2) is 5.31. The first-order valence-corrected chi connectivity index (χ1v) is 6.41. The molecule has 0 aliphatic rings. The van der Waals surface area contributed by atoms with Crippen LogP contribution in [0.4, 0.5) is 4.39 Å². The van der Waals surface area contributed by atoms with Gasteiger partial charge in [0.25, 0.3) is 0 Å². The van der Waals surface area contributed by atoms with Crippen LogP contribution in [0.5, 0.6) is 0 Å². The Hall–Kier alpha value is -2.78. The Morgan fingerprint density at radius 3 is 2.71 bits per heavy atom. The Bertz CT molecular complexity index is 833. The molecule has 1 heterocycles. The van der Waals surface area contributed by atoms with Crippen molar-refractivity contribution in [3.05, 3.63) is 53.8 Å². The average Bonchev–Trinajstić information content (AvgIpc) is 2.91. The molecule has 5 heteroatoms. The second-order valence-corrected chi connectivity index (χ2v) is 4.65. The molecule has 104 valence electrons. The lowest BCUT2D eigenvalue weighted by molar-refractivity contribution is 0.559. The van der Waals surface area contributed by atoms with Gasteiger partial charge in [0.2, 0.25) is 12.0 Å². The maximum atomic E-state index is 12.9. The van der Waals surface area contributed by atoms with Crippen molar-refractivity contribution < 1.29 is 13.6 Å². The van der Waals surface area contributed by atoms with Crippen molar-refractivity contribution in [2.45, 2.75) is 13.0 Å². The van der Waals surface area contributed by atoms with Gasteiger partial charge >= 0.3 is 0 Å². The predicted octanol–water partition coefficient (Wildman–Crippen LogP) is 4.03. The molecular formula is C16H11FN2O2. The lowest BCUT2D eigenvalue weighted by Crippen LogP contribution is -1.88. The zero-order valence-electron chi connectivity index (χ0n) is 11.2. The number of hydrogen-bond acceptors (Lipinski definition) is 4. The molecule has 0 aliphatic carbocycles. The SMILES string of the molecule is CC(N=C=O)c1ccc2oc(-c3ccc(F)cc3)nc2c1. The van der Waals surface area contributed by atoms with E-state index < -0.39 is 0 Å². The molecular weight excluding hydrogens is 271 g/mol. The smallest absolute Gasteiger partial charge is 0.235 e. The van der Waals surface area contributed by atoms with Crippen molar-refractivity contribution in [3.8, 4) is 11.5 Å². The number of nitrogens with zero attached hydrogens (tertiary/aromatic N) is 2. The van der Waals surface area contributed by atoms with E-state index in [0.29, 0.717) is 22.6 Å². The van der Waals surface area contributed by atoms with Crippen LogP contribution in [-0.4, -0.2) is 11.1 Å². The number of hydrogen-bond donors (Lipinski definition) is 0. The van der Waals surface area contributed by atoms with Crippen LogP contribution in [0.25, 0.3) is 22.6 Å². The van der Waals surface area contributed by atoms with E-state index in [2.05, 4.69) is 9.98 Å². The van der Waals surface area contributed by atoms with E-state index in [1.807, 2.05) is 12.1 Å². The highest BCUT2D eigenvalue weighted by molar-refractivity contribution is 5.77. The maximum absolute atomic E-state index is 12.9. The molecule has 1 aromatic heterocycles. The number of aliphatic imine (C=N–C) groups is 1. The fourth-order valence-electron chi connectivity index (χ4n) is 2.07. The van der Waals surface area contributed by atoms with E-state index in [0.717, 1.165) is 5.56 Å². The van der Waals surface area contributed by atoms with Crippen molar-refractivity contribution >= 4 is 17.2 Å². The first-order valence-electron chi connectivity index (χ1n) is 6.41. The van der Waals surface area contributed by atoms with Crippen molar-refractivity contribution in [1.82, 2.24) is 4.98 Å². The van der Waals surface area contributed by atoms with Crippen LogP contribution in [0.3, 0.4) is 0 Å². The maximum Gasteiger partial charge on any atom is 0.235 e. The Kier molecular flexibility index (Phi) is 3.34. The highest BCUT2D eigenvalue weighted by Crippen LogP contribution is 2.27. The molecule has 1 unspecified atom stereocenters. The van der Waals surface area contributed by atoms with Gasteiger partial charge in [-0.2, -0.15) is 4.99 Å². The Morgan fingerprint density at radius 1 is 1.24 bits per heavy atom. The largest absolute Gasteiger partial charge is 0.436 e. The number of carbonyl (C=O) groups excluding carboxylic acids is 1. The lowest BCUT2D eigenvalue weighted by Gasteiger charge is -2.02. The molecule has 3 aromatic rings. The van der Waals surface area contributed by atoms with Gasteiger partial charge in [0, 0.05) is 5.56 Å². The minimum absolute atomic E-state index is 0.280. The van der Waals surface area contributed by atoms with Gasteiger partial charge in [-0.3, -0.25) is 0 Å². The topological polar surface area (TPSA) is 55.5 Å². The molecule has 0 saturated carbocycles. The molecule has 0 amide bonds. The molecule has 1 atom stereocenters. The standard InChI is InChI=1S/C16H11FN2O2/c1-10(18-9-20)12-4-7-15-14(8-12)19-16(21-15)11-2-5-13(17)6-3-11/h2-8,10H,1H3. The summed E-state index contributed by atoms with van der Waals surface area (Å²) < 4.78 is 18.6. The highest BCUT2D eigenvalue weighted by atomic mass is 19.1. The summed E-state index contributed by atoms with van der Waals surface area (Å²) in [5.41, 5.74) is 2.85. The van der Waals surface area contributed by atoms with Crippen molar-refractivity contribution in [3.63, 3.8) is 0 Å². The van der Waals surface area contributed by atoms with Crippen molar-refractivity contribution in [1.29, 1.82) is 0 Å². The molecule has 0 N–H and O–H groups in total. The van der Waals surface area contributed by atoms with Gasteiger partial charge in [-0.05, 0) is 48.9 Å². The summed E-state index contributed by atoms with van der Waals surface area (Å²) in [6, 6.07) is 11.1. The number of aromatic nitrogens is 1. The molecule has 2 aromatic carbocycles. The second-order valence-electron chi connectivity index (χ2n) is 4.65. The van der Waals surface area contributed by atoms with Crippen LogP contribution in [0.15, 0.2) is 51.9 Å². The minimum Gasteiger partial charge on any atom is -0.436 e. The third-order valence-electron chi connectivity index (χ3n) is 3.23. The quantitative estimate of drug-likeness (QED) is 0.538. The van der Waals surface area contributed by atoms with Gasteiger partial charge in [-0.25, -0.2) is 14.2 Å². The van der Waals surface area contributed by atoms with Crippen LogP contribution in [0.2, 0.25) is 0 Å². The normalized spacial score (nSPS) is 12.1. The van der Waals surface area contributed by atoms with E-state index in [1.165, 1.54) is 12.1 Å². The zero-order chi connectivity index (χ0) is 14.8. The van der Waals surface area contributed by atoms with Crippen LogP contribution in [0, 0.1) is 5.82 Å². The average molecular weight is 282 g/mol. The van der Waals surface area contributed by atoms with Gasteiger partial charge in [0.15, 0.2) is 5.58 Å². The summed E-state index contributed by atoms with van der Waals surface area (Å²) in [7, 11) is 0. The fourth-order valence-corrected chi connectivity index (χ4v) is 2.07. The summed E-state index contributed by atoms with van der Waals surface area (Å²) in [5.74, 6) is 0.117. The Balaban J connectivity index is 2.04. The molecule has 0 fully saturated rings. The van der Waals surface area contributed by atoms with Gasteiger partial charge in [-0.1, -0.05) is 6.07 Å². The van der Waals surface area contributed by atoms with Crippen LogP contribution in [0.1, 0.15) is 18.5 Å². The zero-order valence-corrected chi connectivity index (χ0v) is 11.2. The summed E-state index contributed by atoms with van der Waals surface area (Å²) in [6.45, 7) is 1.80. The van der Waals surface area contributed by atoms with E-state index >= 15 is 0 Å². The van der Waals surface area contributed by atoms with Crippen LogP contribution in [-0.2, 0) is 4.79 Å². The number of rotatable bonds is 3. The van der Waals surface area contributed by atoms with E-state index in [4.69, 9.17) is 4.42 Å². The number of benzene rings is 2. The highest BCUT2D eigenvalue weighted by Gasteiger charge is 2.11. The molecule has 0 aliphatic heterocycles. The molecule has 4 nitrogen and oxygen atoms in total. The van der Waals surface area contributed by atoms with Gasteiger partial charge < -0.3 is 4.42 Å². The van der Waals surface area contributed by atoms with Gasteiger partial charge in [-0.15, -0.1) is 0 Å². The Morgan fingerprint density at radius 2 is 2.00 bits per heavy atom. The summed E-state index contributed by atoms with van der Waals surface area (Å²) in [4.78, 5) is 18.4. The predicted molar refractivity (Wildman–Crippen MR) is 75.9 cm³/mol. The van der Waals surface area contributed by atoms with Gasteiger partial charge in [0.05, 0.1) is 6.04 Å². The Labute approximate surface area is 120 Å². The first-order chi connectivity index (χ1) is 10.2. The molecule has 21 heavy (non-hydrogen) atoms. The van der Waals surface area contributed by atoms with E-state index in [1.54, 1.807) is 31.2 Å². The third-order valence-corrected chi connectivity index (χ3v) is 3.23. The van der Waals surface area contributed by atoms with Crippen molar-refractivity contribution in [2.24, 2.45) is 4.99 Å². The molecule has 0 bridgehead atoms. The summed E-state index contributed by atoms with van der Waals surface area (Å²) >= 11 is 0. The molecule has 0 spiro atoms. The van der Waals surface area contributed by atoms with Crippen molar-refractivity contribution in [2.75, 3.05) is 0 Å². The summed E-state index contributed by atoms with van der Waals surface area (Å²) in [5, 5.41) is 0. The minimum atomic E-state index is -0.308. The monoisotopic (exact) mass is 282 g/mol. The van der Waals surface area contributed by atoms with Crippen LogP contribution < -0.4 is 0 Å². The van der Waals surface area contributed by atoms with Gasteiger partial charge in [0.1, 0.15) is 11.3 Å². The molecule has 0 saturated heterocycles. The van der Waals surface area contributed by atoms with E-state index in [-0.39, 0.29) is 11.9 Å². The number of halogens is 1. The number of isocyanates is 1. The fraction of sp³-hybridized carbons (Fsp3) is 0.125. The molecule has 3 rings (SSSR count). The van der Waals surface area contributed by atoms with Crippen LogP contribution >= 0.6 is 0 Å². The summed E-state index contributed by atoms with van der Waals surface area (Å²) in [6.07, 6.45) is 1.55. The van der Waals surface area contributed by atoms with E-state index in [9.17, 15) is 9.18 Å². The lowest BCUT2D eigenvalue weighted by atomic mass is 10.1. The number of fused-ring (bicyclic) bond motifs is 1.